The first-order valence-corrected chi connectivity index (χ1v) is 5.75. The van der Waals surface area contributed by atoms with E-state index in [9.17, 15) is 0 Å². The predicted octanol–water partition coefficient (Wildman–Crippen LogP) is 2.85. The van der Waals surface area contributed by atoms with Gasteiger partial charge in [-0.25, -0.2) is 4.98 Å². The van der Waals surface area contributed by atoms with Gasteiger partial charge in [0.25, 0.3) is 0 Å². The van der Waals surface area contributed by atoms with Gasteiger partial charge in [0.2, 0.25) is 0 Å². The Morgan fingerprint density at radius 3 is 2.69 bits per heavy atom. The van der Waals surface area contributed by atoms with E-state index in [1.54, 1.807) is 11.8 Å². The number of aromatic nitrogens is 2. The van der Waals surface area contributed by atoms with Crippen LogP contribution >= 0.6 is 24.0 Å². The van der Waals surface area contributed by atoms with Gasteiger partial charge in [-0.1, -0.05) is 19.1 Å². The van der Waals surface area contributed by atoms with Gasteiger partial charge >= 0.3 is 0 Å². The molecule has 1 aromatic rings. The Hall–Kier alpha value is -0.350. The molecule has 0 bridgehead atoms. The lowest BCUT2D eigenvalue weighted by Crippen LogP contribution is -1.96. The summed E-state index contributed by atoms with van der Waals surface area (Å²) in [5, 5.41) is 0. The lowest BCUT2D eigenvalue weighted by Gasteiger charge is -1.98. The summed E-state index contributed by atoms with van der Waals surface area (Å²) in [7, 11) is 0. The van der Waals surface area contributed by atoms with Crippen LogP contribution in [0, 0.1) is 13.8 Å². The molecular weight excluding hydrogens is 200 g/mol. The van der Waals surface area contributed by atoms with Crippen LogP contribution in [0.4, 0.5) is 0 Å². The monoisotopic (exact) mass is 214 g/mol. The number of hydrogen-bond acceptors (Lipinski definition) is 3. The van der Waals surface area contributed by atoms with E-state index in [0.29, 0.717) is 0 Å². The average Bonchev–Trinajstić information content (AvgIpc) is 2.41. The van der Waals surface area contributed by atoms with Crippen LogP contribution in [0.15, 0.2) is 0 Å². The number of thioether (sulfide) groups is 1. The SMILES string of the molecule is CCCSC(=S)c1nc(C)[nH]c1C. The van der Waals surface area contributed by atoms with Gasteiger partial charge in [-0.15, -0.1) is 11.8 Å². The van der Waals surface area contributed by atoms with Gasteiger partial charge in [-0.3, -0.25) is 0 Å². The number of thiocarbonyl (C=S) groups is 1. The van der Waals surface area contributed by atoms with Crippen LogP contribution in [0.3, 0.4) is 0 Å². The molecule has 1 rings (SSSR count). The molecule has 0 fully saturated rings. The third-order valence-electron chi connectivity index (χ3n) is 1.63. The minimum Gasteiger partial charge on any atom is -0.346 e. The van der Waals surface area contributed by atoms with Crippen molar-refractivity contribution in [2.45, 2.75) is 27.2 Å². The third-order valence-corrected chi connectivity index (χ3v) is 3.25. The van der Waals surface area contributed by atoms with Crippen LogP contribution in [-0.2, 0) is 0 Å². The Morgan fingerprint density at radius 2 is 2.23 bits per heavy atom. The predicted molar refractivity (Wildman–Crippen MR) is 62.5 cm³/mol. The Bertz CT molecular complexity index is 305. The molecule has 0 spiro atoms. The summed E-state index contributed by atoms with van der Waals surface area (Å²) in [4.78, 5) is 7.50. The maximum absolute atomic E-state index is 5.27. The van der Waals surface area contributed by atoms with Crippen molar-refractivity contribution in [1.29, 1.82) is 0 Å². The molecule has 72 valence electrons. The summed E-state index contributed by atoms with van der Waals surface area (Å²) in [5.41, 5.74) is 2.03. The minimum atomic E-state index is 0.906. The van der Waals surface area contributed by atoms with Crippen molar-refractivity contribution in [3.05, 3.63) is 17.2 Å². The Balaban J connectivity index is 2.70. The minimum absolute atomic E-state index is 0.906. The van der Waals surface area contributed by atoms with Gasteiger partial charge in [-0.2, -0.15) is 0 Å². The molecule has 0 amide bonds. The van der Waals surface area contributed by atoms with E-state index in [-0.39, 0.29) is 0 Å². The summed E-state index contributed by atoms with van der Waals surface area (Å²) in [5.74, 6) is 2.01. The molecule has 2 nitrogen and oxygen atoms in total. The zero-order valence-corrected chi connectivity index (χ0v) is 9.81. The van der Waals surface area contributed by atoms with Crippen LogP contribution in [0.5, 0.6) is 0 Å². The zero-order chi connectivity index (χ0) is 9.84. The Labute approximate surface area is 88.5 Å². The maximum Gasteiger partial charge on any atom is 0.109 e. The lowest BCUT2D eigenvalue weighted by molar-refractivity contribution is 1.11. The van der Waals surface area contributed by atoms with Gasteiger partial charge in [-0.05, 0) is 26.0 Å². The van der Waals surface area contributed by atoms with Crippen LogP contribution in [-0.4, -0.2) is 19.9 Å². The number of H-pyrrole nitrogens is 1. The zero-order valence-electron chi connectivity index (χ0n) is 8.18. The summed E-state index contributed by atoms with van der Waals surface area (Å²) in [6.45, 7) is 6.11. The van der Waals surface area contributed by atoms with E-state index >= 15 is 0 Å². The molecule has 1 heterocycles. The van der Waals surface area contributed by atoms with Crippen LogP contribution in [0.2, 0.25) is 0 Å². The molecule has 0 saturated heterocycles. The second kappa shape index (κ2) is 4.77. The van der Waals surface area contributed by atoms with Gasteiger partial charge in [0.15, 0.2) is 0 Å². The first kappa shape index (κ1) is 10.7. The van der Waals surface area contributed by atoms with Crippen molar-refractivity contribution in [2.75, 3.05) is 5.75 Å². The van der Waals surface area contributed by atoms with E-state index in [0.717, 1.165) is 33.6 Å². The van der Waals surface area contributed by atoms with Gasteiger partial charge in [0, 0.05) is 5.69 Å². The number of imidazole rings is 1. The van der Waals surface area contributed by atoms with Crippen molar-refractivity contribution >= 4 is 28.2 Å². The highest BCUT2D eigenvalue weighted by atomic mass is 32.2. The van der Waals surface area contributed by atoms with E-state index in [4.69, 9.17) is 12.2 Å². The van der Waals surface area contributed by atoms with Gasteiger partial charge < -0.3 is 4.98 Å². The van der Waals surface area contributed by atoms with E-state index in [1.807, 2.05) is 13.8 Å². The molecule has 0 unspecified atom stereocenters. The highest BCUT2D eigenvalue weighted by Gasteiger charge is 2.09. The molecule has 0 aliphatic carbocycles. The second-order valence-electron chi connectivity index (χ2n) is 2.93. The summed E-state index contributed by atoms with van der Waals surface area (Å²) in [6.07, 6.45) is 1.15. The smallest absolute Gasteiger partial charge is 0.109 e. The van der Waals surface area contributed by atoms with E-state index < -0.39 is 0 Å². The molecule has 13 heavy (non-hydrogen) atoms. The Morgan fingerprint density at radius 1 is 1.54 bits per heavy atom. The fraction of sp³-hybridized carbons (Fsp3) is 0.556. The first-order valence-electron chi connectivity index (χ1n) is 4.35. The topological polar surface area (TPSA) is 28.7 Å². The van der Waals surface area contributed by atoms with Crippen molar-refractivity contribution in [3.63, 3.8) is 0 Å². The number of aryl methyl sites for hydroxylation is 2. The molecule has 0 aliphatic heterocycles. The highest BCUT2D eigenvalue weighted by molar-refractivity contribution is 8.23. The molecule has 1 N–H and O–H groups in total. The molecule has 0 aliphatic rings. The lowest BCUT2D eigenvalue weighted by atomic mass is 10.4. The van der Waals surface area contributed by atoms with Crippen molar-refractivity contribution in [1.82, 2.24) is 9.97 Å². The third kappa shape index (κ3) is 2.81. The molecule has 0 atom stereocenters. The number of aromatic amines is 1. The molecule has 0 radical (unpaired) electrons. The summed E-state index contributed by atoms with van der Waals surface area (Å²) in [6, 6.07) is 0. The van der Waals surface area contributed by atoms with Gasteiger partial charge in [0.05, 0.1) is 4.20 Å². The van der Waals surface area contributed by atoms with E-state index in [2.05, 4.69) is 16.9 Å². The normalized spacial score (nSPS) is 10.4. The van der Waals surface area contributed by atoms with Crippen LogP contribution in [0.25, 0.3) is 0 Å². The number of nitrogens with one attached hydrogen (secondary N) is 1. The van der Waals surface area contributed by atoms with E-state index in [1.165, 1.54) is 0 Å². The highest BCUT2D eigenvalue weighted by Crippen LogP contribution is 2.16. The fourth-order valence-electron chi connectivity index (χ4n) is 1.07. The largest absolute Gasteiger partial charge is 0.346 e. The fourth-order valence-corrected chi connectivity index (χ4v) is 2.25. The summed E-state index contributed by atoms with van der Waals surface area (Å²) >= 11 is 6.97. The Kier molecular flexibility index (Phi) is 3.93. The molecule has 0 aromatic carbocycles. The maximum atomic E-state index is 5.27. The van der Waals surface area contributed by atoms with Gasteiger partial charge in [0.1, 0.15) is 11.5 Å². The molecular formula is C9H14N2S2. The number of rotatable bonds is 3. The first-order chi connectivity index (χ1) is 6.15. The quantitative estimate of drug-likeness (QED) is 0.784. The second-order valence-corrected chi connectivity index (χ2v) is 4.70. The van der Waals surface area contributed by atoms with Crippen LogP contribution < -0.4 is 0 Å². The van der Waals surface area contributed by atoms with Crippen molar-refractivity contribution in [3.8, 4) is 0 Å². The van der Waals surface area contributed by atoms with Crippen LogP contribution in [0.1, 0.15) is 30.6 Å². The summed E-state index contributed by atoms with van der Waals surface area (Å²) < 4.78 is 0.906. The molecule has 1 aromatic heterocycles. The number of nitrogens with zero attached hydrogens (tertiary/aromatic N) is 1. The molecule has 4 heteroatoms. The average molecular weight is 214 g/mol. The number of hydrogen-bond donors (Lipinski definition) is 1. The molecule has 0 saturated carbocycles. The van der Waals surface area contributed by atoms with Crippen molar-refractivity contribution < 1.29 is 0 Å². The van der Waals surface area contributed by atoms with Crippen molar-refractivity contribution in [2.24, 2.45) is 0 Å². The standard InChI is InChI=1S/C9H14N2S2/c1-4-5-13-9(12)8-6(2)10-7(3)11-8/h4-5H2,1-3H3,(H,10,11).